The zero-order valence-electron chi connectivity index (χ0n) is 13.5. The highest BCUT2D eigenvalue weighted by Crippen LogP contribution is 2.21. The second-order valence-electron chi connectivity index (χ2n) is 4.95. The minimum Gasteiger partial charge on any atom is -0.493 e. The number of thioether (sulfide) groups is 1. The number of carbonyl (C=O) groups is 1. The lowest BCUT2D eigenvalue weighted by molar-refractivity contribution is 0.262. The van der Waals surface area contributed by atoms with E-state index in [4.69, 9.17) is 4.74 Å². The van der Waals surface area contributed by atoms with E-state index in [9.17, 15) is 9.18 Å². The lowest BCUT2D eigenvalue weighted by atomic mass is 10.3. The summed E-state index contributed by atoms with van der Waals surface area (Å²) in [7, 11) is 0. The number of ether oxygens (including phenoxy) is 1. The fourth-order valence-corrected chi connectivity index (χ4v) is 3.30. The summed E-state index contributed by atoms with van der Waals surface area (Å²) in [5.41, 5.74) is 0.0992. The number of para-hydroxylation sites is 2. The van der Waals surface area contributed by atoms with Crippen LogP contribution in [0.25, 0.3) is 0 Å². The molecule has 134 valence electrons. The maximum absolute atomic E-state index is 13.5. The molecule has 0 saturated heterocycles. The molecule has 0 radical (unpaired) electrons. The smallest absolute Gasteiger partial charge is 0.325 e. The highest BCUT2D eigenvalue weighted by Gasteiger charge is 2.10. The number of urea groups is 1. The summed E-state index contributed by atoms with van der Waals surface area (Å²) in [4.78, 5) is 16.1. The Morgan fingerprint density at radius 2 is 1.88 bits per heavy atom. The van der Waals surface area contributed by atoms with Crippen molar-refractivity contribution in [3.8, 4) is 5.75 Å². The monoisotopic (exact) mass is 390 g/mol. The molecule has 2 N–H and O–H groups in total. The zero-order valence-corrected chi connectivity index (χ0v) is 15.1. The van der Waals surface area contributed by atoms with Crippen LogP contribution >= 0.6 is 23.3 Å². The quantitative estimate of drug-likeness (QED) is 0.459. The minimum absolute atomic E-state index is 0.0992. The summed E-state index contributed by atoms with van der Waals surface area (Å²) in [6.45, 7) is 0.518. The molecule has 0 saturated carbocycles. The topological polar surface area (TPSA) is 76.1 Å². The van der Waals surface area contributed by atoms with Crippen LogP contribution in [0.2, 0.25) is 0 Å². The van der Waals surface area contributed by atoms with Crippen LogP contribution in [0, 0.1) is 5.82 Å². The first kappa shape index (κ1) is 18.2. The van der Waals surface area contributed by atoms with E-state index in [1.807, 2.05) is 30.3 Å². The predicted octanol–water partition coefficient (Wildman–Crippen LogP) is 4.49. The van der Waals surface area contributed by atoms with E-state index in [2.05, 4.69) is 20.0 Å². The fraction of sp³-hybridized carbons (Fsp3) is 0.118. The van der Waals surface area contributed by atoms with E-state index in [0.29, 0.717) is 22.6 Å². The third-order valence-electron chi connectivity index (χ3n) is 3.08. The highest BCUT2D eigenvalue weighted by atomic mass is 32.2. The summed E-state index contributed by atoms with van der Waals surface area (Å²) >= 11 is 2.48. The van der Waals surface area contributed by atoms with Gasteiger partial charge in [0.2, 0.25) is 10.3 Å². The Morgan fingerprint density at radius 3 is 2.69 bits per heavy atom. The molecule has 0 unspecified atom stereocenters. The van der Waals surface area contributed by atoms with E-state index in [0.717, 1.165) is 17.3 Å². The van der Waals surface area contributed by atoms with Crippen LogP contribution in [0.3, 0.4) is 0 Å². The van der Waals surface area contributed by atoms with Crippen LogP contribution in [0.5, 0.6) is 5.75 Å². The average Bonchev–Trinajstić information content (AvgIpc) is 3.09. The number of anilines is 2. The Balaban J connectivity index is 1.42. The van der Waals surface area contributed by atoms with Gasteiger partial charge in [-0.25, -0.2) is 9.18 Å². The van der Waals surface area contributed by atoms with Crippen molar-refractivity contribution in [1.29, 1.82) is 0 Å². The van der Waals surface area contributed by atoms with Gasteiger partial charge < -0.3 is 10.1 Å². The zero-order chi connectivity index (χ0) is 18.2. The molecule has 0 atom stereocenters. The average molecular weight is 390 g/mol. The first-order chi connectivity index (χ1) is 12.7. The third kappa shape index (κ3) is 5.43. The molecule has 0 aliphatic heterocycles. The number of aromatic nitrogens is 2. The fourth-order valence-electron chi connectivity index (χ4n) is 1.94. The molecular weight excluding hydrogens is 375 g/mol. The van der Waals surface area contributed by atoms with Crippen LogP contribution in [0.4, 0.5) is 20.0 Å². The van der Waals surface area contributed by atoms with Gasteiger partial charge in [-0.05, 0) is 24.3 Å². The molecule has 1 aromatic heterocycles. The van der Waals surface area contributed by atoms with E-state index < -0.39 is 11.8 Å². The minimum atomic E-state index is -0.574. The number of benzene rings is 2. The maximum Gasteiger partial charge on any atom is 0.325 e. The first-order valence-corrected chi connectivity index (χ1v) is 9.43. The molecule has 0 bridgehead atoms. The Bertz CT molecular complexity index is 861. The van der Waals surface area contributed by atoms with Crippen molar-refractivity contribution < 1.29 is 13.9 Å². The normalized spacial score (nSPS) is 10.3. The number of nitrogens with one attached hydrogen (secondary N) is 2. The molecule has 3 aromatic rings. The number of hydrogen-bond donors (Lipinski definition) is 2. The van der Waals surface area contributed by atoms with Crippen LogP contribution in [0.1, 0.15) is 0 Å². The van der Waals surface area contributed by atoms with Crippen LogP contribution in [0.15, 0.2) is 59.8 Å². The molecule has 0 aliphatic carbocycles. The number of halogens is 1. The van der Waals surface area contributed by atoms with Crippen molar-refractivity contribution in [2.24, 2.45) is 0 Å². The Kier molecular flexibility index (Phi) is 6.39. The van der Waals surface area contributed by atoms with Gasteiger partial charge >= 0.3 is 6.03 Å². The third-order valence-corrected chi connectivity index (χ3v) is 4.63. The summed E-state index contributed by atoms with van der Waals surface area (Å²) in [5, 5.41) is 5.85. The lowest BCUT2D eigenvalue weighted by Gasteiger charge is -2.05. The van der Waals surface area contributed by atoms with Gasteiger partial charge in [-0.2, -0.15) is 9.36 Å². The molecule has 6 nitrogen and oxygen atoms in total. The largest absolute Gasteiger partial charge is 0.493 e. The predicted molar refractivity (Wildman–Crippen MR) is 102 cm³/mol. The molecule has 2 aromatic carbocycles. The van der Waals surface area contributed by atoms with E-state index in [1.165, 1.54) is 23.9 Å². The molecule has 9 heteroatoms. The van der Waals surface area contributed by atoms with Crippen molar-refractivity contribution >= 4 is 40.1 Å². The summed E-state index contributed by atoms with van der Waals surface area (Å²) in [6, 6.07) is 14.9. The van der Waals surface area contributed by atoms with Crippen molar-refractivity contribution in [3.05, 3.63) is 60.4 Å². The number of hydrogen-bond acceptors (Lipinski definition) is 6. The highest BCUT2D eigenvalue weighted by molar-refractivity contribution is 7.99. The SMILES string of the molecule is O=C(Nc1nc(SCCOc2ccccc2)ns1)Nc1ccccc1F. The Labute approximate surface area is 158 Å². The van der Waals surface area contributed by atoms with Crippen molar-refractivity contribution in [3.63, 3.8) is 0 Å². The number of rotatable bonds is 7. The van der Waals surface area contributed by atoms with Gasteiger partial charge in [0.1, 0.15) is 11.6 Å². The molecule has 0 aliphatic rings. The molecule has 2 amide bonds. The van der Waals surface area contributed by atoms with E-state index in [1.54, 1.807) is 12.1 Å². The lowest BCUT2D eigenvalue weighted by Crippen LogP contribution is -2.19. The number of nitrogens with zero attached hydrogens (tertiary/aromatic N) is 2. The van der Waals surface area contributed by atoms with Gasteiger partial charge in [-0.1, -0.05) is 42.1 Å². The van der Waals surface area contributed by atoms with Crippen molar-refractivity contribution in [2.75, 3.05) is 23.0 Å². The second kappa shape index (κ2) is 9.16. The Morgan fingerprint density at radius 1 is 1.12 bits per heavy atom. The standard InChI is InChI=1S/C17H15FN4O2S2/c18-13-8-4-5-9-14(13)19-15(23)20-16-21-17(22-26-16)25-11-10-24-12-6-2-1-3-7-12/h1-9H,10-11H2,(H2,19,20,21,22,23). The van der Waals surface area contributed by atoms with E-state index >= 15 is 0 Å². The summed E-state index contributed by atoms with van der Waals surface area (Å²) in [5.74, 6) is 0.980. The molecular formula is C17H15FN4O2S2. The van der Waals surface area contributed by atoms with Crippen molar-refractivity contribution in [2.45, 2.75) is 5.16 Å². The maximum atomic E-state index is 13.5. The van der Waals surface area contributed by atoms with E-state index in [-0.39, 0.29) is 5.69 Å². The van der Waals surface area contributed by atoms with Crippen LogP contribution in [-0.2, 0) is 0 Å². The first-order valence-electron chi connectivity index (χ1n) is 7.67. The van der Waals surface area contributed by atoms with Gasteiger partial charge in [-0.15, -0.1) is 0 Å². The molecule has 3 rings (SSSR count). The van der Waals surface area contributed by atoms with Crippen LogP contribution in [-0.4, -0.2) is 27.7 Å². The van der Waals surface area contributed by atoms with Crippen molar-refractivity contribution in [1.82, 2.24) is 9.36 Å². The van der Waals surface area contributed by atoms with Gasteiger partial charge in [0, 0.05) is 17.3 Å². The molecule has 1 heterocycles. The van der Waals surface area contributed by atoms with Crippen LogP contribution < -0.4 is 15.4 Å². The van der Waals surface area contributed by atoms with Gasteiger partial charge in [-0.3, -0.25) is 5.32 Å². The van der Waals surface area contributed by atoms with Gasteiger partial charge in [0.25, 0.3) is 0 Å². The van der Waals surface area contributed by atoms with Gasteiger partial charge in [0.15, 0.2) is 0 Å². The summed E-state index contributed by atoms with van der Waals surface area (Å²) < 4.78 is 23.3. The van der Waals surface area contributed by atoms with Gasteiger partial charge in [0.05, 0.1) is 12.3 Å². The molecule has 26 heavy (non-hydrogen) atoms. The molecule has 0 fully saturated rings. The summed E-state index contributed by atoms with van der Waals surface area (Å²) in [6.07, 6.45) is 0. The number of amides is 2. The molecule has 0 spiro atoms. The second-order valence-corrected chi connectivity index (χ2v) is 6.76. The Hall–Kier alpha value is -2.65. The number of carbonyl (C=O) groups excluding carboxylic acids is 1.